The molecule has 0 N–H and O–H groups in total. The normalized spacial score (nSPS) is 9.92. The van der Waals surface area contributed by atoms with Crippen LogP contribution in [-0.2, 0) is 11.2 Å². The van der Waals surface area contributed by atoms with Gasteiger partial charge in [0.15, 0.2) is 0 Å². The van der Waals surface area contributed by atoms with E-state index in [1.54, 1.807) is 18.2 Å². The molecule has 1 aromatic rings. The Labute approximate surface area is 88.8 Å². The van der Waals surface area contributed by atoms with E-state index in [2.05, 4.69) is 15.9 Å². The van der Waals surface area contributed by atoms with Gasteiger partial charge in [0.1, 0.15) is 0 Å². The first-order valence-corrected chi connectivity index (χ1v) is 4.77. The van der Waals surface area contributed by atoms with Crippen LogP contribution in [0.1, 0.15) is 5.56 Å². The molecule has 0 aliphatic heterocycles. The van der Waals surface area contributed by atoms with Gasteiger partial charge < -0.3 is 0 Å². The Balaban J connectivity index is 2.89. The second-order valence-corrected chi connectivity index (χ2v) is 3.98. The fraction of sp³-hybridized carbons (Fsp3) is 0.125. The zero-order chi connectivity index (χ0) is 9.14. The predicted octanol–water partition coefficient (Wildman–Crippen LogP) is 3.46. The molecule has 0 heterocycles. The highest BCUT2D eigenvalue weighted by Gasteiger charge is 2.02. The molecular formula is C8H5BrCl2O. The molecular weight excluding hydrogens is 263 g/mol. The summed E-state index contributed by atoms with van der Waals surface area (Å²) in [5.41, 5.74) is 0.853. The van der Waals surface area contributed by atoms with E-state index in [0.29, 0.717) is 16.5 Å². The molecule has 0 saturated heterocycles. The van der Waals surface area contributed by atoms with Gasteiger partial charge in [-0.1, -0.05) is 29.3 Å². The molecule has 0 aromatic heterocycles. The van der Waals surface area contributed by atoms with Crippen LogP contribution < -0.4 is 0 Å². The fourth-order valence-corrected chi connectivity index (χ4v) is 1.45. The van der Waals surface area contributed by atoms with Crippen LogP contribution in [0.5, 0.6) is 0 Å². The molecule has 0 fully saturated rings. The van der Waals surface area contributed by atoms with Crippen LogP contribution in [0, 0.1) is 0 Å². The maximum atomic E-state index is 10.6. The fourth-order valence-electron chi connectivity index (χ4n) is 0.810. The average molecular weight is 268 g/mol. The Hall–Kier alpha value is -0.0500. The highest BCUT2D eigenvalue weighted by molar-refractivity contribution is 9.18. The van der Waals surface area contributed by atoms with Gasteiger partial charge in [0, 0.05) is 6.42 Å². The summed E-state index contributed by atoms with van der Waals surface area (Å²) in [6, 6.07) is 5.13. The lowest BCUT2D eigenvalue weighted by Crippen LogP contribution is -1.92. The molecule has 1 aromatic carbocycles. The molecule has 0 radical (unpaired) electrons. The summed E-state index contributed by atoms with van der Waals surface area (Å²) < 4.78 is -0.0686. The lowest BCUT2D eigenvalue weighted by molar-refractivity contribution is -0.109. The molecule has 1 rings (SSSR count). The smallest absolute Gasteiger partial charge is 0.202 e. The molecule has 0 atom stereocenters. The SMILES string of the molecule is O=C(Br)Cc1ccc(Cl)c(Cl)c1. The number of hydrogen-bond acceptors (Lipinski definition) is 1. The van der Waals surface area contributed by atoms with E-state index in [0.717, 1.165) is 5.56 Å². The summed E-state index contributed by atoms with van der Waals surface area (Å²) in [5.74, 6) is 0. The van der Waals surface area contributed by atoms with Gasteiger partial charge in [-0.2, -0.15) is 0 Å². The van der Waals surface area contributed by atoms with Crippen molar-refractivity contribution >= 4 is 43.8 Å². The largest absolute Gasteiger partial charge is 0.286 e. The van der Waals surface area contributed by atoms with Crippen molar-refractivity contribution in [1.82, 2.24) is 0 Å². The van der Waals surface area contributed by atoms with Gasteiger partial charge in [0.05, 0.1) is 10.0 Å². The first-order chi connectivity index (χ1) is 5.59. The number of carbonyl (C=O) groups is 1. The Kier molecular flexibility index (Phi) is 3.56. The van der Waals surface area contributed by atoms with E-state index in [1.165, 1.54) is 0 Å². The molecule has 64 valence electrons. The molecule has 0 aliphatic rings. The highest BCUT2D eigenvalue weighted by atomic mass is 79.9. The second kappa shape index (κ2) is 4.26. The van der Waals surface area contributed by atoms with Gasteiger partial charge in [-0.05, 0) is 33.6 Å². The minimum absolute atomic E-state index is 0.0686. The third-order valence-corrected chi connectivity index (χ3v) is 2.35. The number of hydrogen-bond donors (Lipinski definition) is 0. The highest BCUT2D eigenvalue weighted by Crippen LogP contribution is 2.22. The number of halogens is 3. The maximum Gasteiger partial charge on any atom is 0.202 e. The van der Waals surface area contributed by atoms with E-state index < -0.39 is 0 Å². The van der Waals surface area contributed by atoms with Gasteiger partial charge in [0.2, 0.25) is 4.69 Å². The van der Waals surface area contributed by atoms with Crippen molar-refractivity contribution in [2.75, 3.05) is 0 Å². The van der Waals surface area contributed by atoms with Crippen molar-refractivity contribution < 1.29 is 4.79 Å². The van der Waals surface area contributed by atoms with Gasteiger partial charge in [-0.15, -0.1) is 0 Å². The van der Waals surface area contributed by atoms with E-state index in [4.69, 9.17) is 23.2 Å². The predicted molar refractivity (Wildman–Crippen MR) is 54.1 cm³/mol. The van der Waals surface area contributed by atoms with Crippen molar-refractivity contribution in [3.8, 4) is 0 Å². The van der Waals surface area contributed by atoms with E-state index in [9.17, 15) is 4.79 Å². The monoisotopic (exact) mass is 266 g/mol. The molecule has 0 unspecified atom stereocenters. The molecule has 0 saturated carbocycles. The lowest BCUT2D eigenvalue weighted by atomic mass is 10.2. The van der Waals surface area contributed by atoms with Gasteiger partial charge in [-0.25, -0.2) is 0 Å². The summed E-state index contributed by atoms with van der Waals surface area (Å²) in [6.45, 7) is 0. The summed E-state index contributed by atoms with van der Waals surface area (Å²) in [5, 5.41) is 0.977. The van der Waals surface area contributed by atoms with E-state index in [1.807, 2.05) is 0 Å². The minimum Gasteiger partial charge on any atom is -0.286 e. The van der Waals surface area contributed by atoms with Gasteiger partial charge in [0.25, 0.3) is 0 Å². The molecule has 0 amide bonds. The molecule has 0 aliphatic carbocycles. The zero-order valence-corrected chi connectivity index (χ0v) is 9.08. The summed E-state index contributed by atoms with van der Waals surface area (Å²) in [6.07, 6.45) is 0.330. The zero-order valence-electron chi connectivity index (χ0n) is 5.98. The average Bonchev–Trinajstić information content (AvgIpc) is 1.96. The van der Waals surface area contributed by atoms with E-state index >= 15 is 0 Å². The molecule has 1 nitrogen and oxygen atoms in total. The summed E-state index contributed by atoms with van der Waals surface area (Å²) in [7, 11) is 0. The lowest BCUT2D eigenvalue weighted by Gasteiger charge is -1.98. The Morgan fingerprint density at radius 2 is 2.00 bits per heavy atom. The van der Waals surface area contributed by atoms with Crippen molar-refractivity contribution in [1.29, 1.82) is 0 Å². The topological polar surface area (TPSA) is 17.1 Å². The van der Waals surface area contributed by atoms with Crippen molar-refractivity contribution in [3.05, 3.63) is 33.8 Å². The van der Waals surface area contributed by atoms with Crippen LogP contribution in [0.3, 0.4) is 0 Å². The summed E-state index contributed by atoms with van der Waals surface area (Å²) in [4.78, 5) is 10.6. The second-order valence-electron chi connectivity index (χ2n) is 2.28. The first-order valence-electron chi connectivity index (χ1n) is 3.22. The van der Waals surface area contributed by atoms with Crippen LogP contribution in [0.15, 0.2) is 18.2 Å². The number of rotatable bonds is 2. The van der Waals surface area contributed by atoms with Crippen LogP contribution in [0.4, 0.5) is 0 Å². The quantitative estimate of drug-likeness (QED) is 0.750. The first kappa shape index (κ1) is 10.0. The van der Waals surface area contributed by atoms with Crippen molar-refractivity contribution in [3.63, 3.8) is 0 Å². The van der Waals surface area contributed by atoms with Crippen molar-refractivity contribution in [2.45, 2.75) is 6.42 Å². The minimum atomic E-state index is -0.0686. The molecule has 12 heavy (non-hydrogen) atoms. The van der Waals surface area contributed by atoms with Crippen LogP contribution in [0.2, 0.25) is 10.0 Å². The van der Waals surface area contributed by atoms with Crippen LogP contribution >= 0.6 is 39.1 Å². The maximum absolute atomic E-state index is 10.6. The van der Waals surface area contributed by atoms with E-state index in [-0.39, 0.29) is 4.69 Å². The standard InChI is InChI=1S/C8H5BrCl2O/c9-8(12)4-5-1-2-6(10)7(11)3-5/h1-3H,4H2. The van der Waals surface area contributed by atoms with Crippen molar-refractivity contribution in [2.24, 2.45) is 0 Å². The third-order valence-electron chi connectivity index (χ3n) is 1.33. The van der Waals surface area contributed by atoms with Gasteiger partial charge >= 0.3 is 0 Å². The van der Waals surface area contributed by atoms with Crippen LogP contribution in [-0.4, -0.2) is 4.69 Å². The Morgan fingerprint density at radius 1 is 1.33 bits per heavy atom. The third kappa shape index (κ3) is 2.77. The molecule has 4 heteroatoms. The molecule has 0 bridgehead atoms. The molecule has 0 spiro atoms. The van der Waals surface area contributed by atoms with Crippen LogP contribution in [0.25, 0.3) is 0 Å². The Bertz CT molecular complexity index is 312. The van der Waals surface area contributed by atoms with Gasteiger partial charge in [-0.3, -0.25) is 4.79 Å². The number of benzene rings is 1. The summed E-state index contributed by atoms with van der Waals surface area (Å²) >= 11 is 14.3. The Morgan fingerprint density at radius 3 is 2.50 bits per heavy atom. The number of carbonyl (C=O) groups excluding carboxylic acids is 1.